The fraction of sp³-hybridized carbons (Fsp3) is 0.400. The third-order valence-electron chi connectivity index (χ3n) is 2.56. The summed E-state index contributed by atoms with van der Waals surface area (Å²) in [6.45, 7) is 0.865. The van der Waals surface area contributed by atoms with Crippen LogP contribution < -0.4 is 0 Å². The Hall–Kier alpha value is -0.900. The number of pyridine rings is 1. The lowest BCUT2D eigenvalue weighted by Gasteiger charge is -2.19. The zero-order valence-corrected chi connectivity index (χ0v) is 9.27. The Morgan fingerprint density at radius 1 is 1.57 bits per heavy atom. The largest absolute Gasteiger partial charge is 0.338 e. The number of halogens is 1. The molecular formula is C10H11BrN2O. The first-order valence-corrected chi connectivity index (χ1v) is 5.43. The minimum Gasteiger partial charge on any atom is -0.338 e. The topological polar surface area (TPSA) is 33.2 Å². The summed E-state index contributed by atoms with van der Waals surface area (Å²) in [6, 6.07) is 4.16. The number of carbonyl (C=O) groups is 1. The third-order valence-corrected chi connectivity index (χ3v) is 3.03. The van der Waals surface area contributed by atoms with Crippen molar-refractivity contribution in [2.75, 3.05) is 6.54 Å². The molecule has 1 amide bonds. The van der Waals surface area contributed by atoms with Crippen molar-refractivity contribution in [1.29, 1.82) is 0 Å². The van der Waals surface area contributed by atoms with Crippen LogP contribution in [0, 0.1) is 0 Å². The van der Waals surface area contributed by atoms with Crippen molar-refractivity contribution >= 4 is 22.3 Å². The number of nitrogens with zero attached hydrogens (tertiary/aromatic N) is 2. The molecule has 1 atom stereocenters. The van der Waals surface area contributed by atoms with Crippen LogP contribution in [-0.2, 0) is 4.79 Å². The van der Waals surface area contributed by atoms with Crippen LogP contribution in [0.1, 0.15) is 24.4 Å². The highest BCUT2D eigenvalue weighted by atomic mass is 79.9. The number of carbonyl (C=O) groups excluding carboxylic acids is 1. The number of likely N-dealkylation sites (tertiary alicyclic amines) is 1. The minimum atomic E-state index is 0.230. The molecule has 14 heavy (non-hydrogen) atoms. The van der Waals surface area contributed by atoms with Crippen LogP contribution in [0.15, 0.2) is 22.9 Å². The summed E-state index contributed by atoms with van der Waals surface area (Å²) in [5, 5.41) is 0. The van der Waals surface area contributed by atoms with E-state index in [1.54, 1.807) is 0 Å². The first-order chi connectivity index (χ1) is 6.81. The molecule has 2 rings (SSSR count). The van der Waals surface area contributed by atoms with E-state index < -0.39 is 0 Å². The summed E-state index contributed by atoms with van der Waals surface area (Å²) >= 11 is 3.29. The number of aromatic nitrogens is 1. The predicted octanol–water partition coefficient (Wildman–Crippen LogP) is 2.14. The summed E-state index contributed by atoms with van der Waals surface area (Å²) in [5.74, 6) is 0. The highest BCUT2D eigenvalue weighted by molar-refractivity contribution is 9.10. The number of amides is 1. The summed E-state index contributed by atoms with van der Waals surface area (Å²) in [7, 11) is 0. The fourth-order valence-corrected chi connectivity index (χ4v) is 2.09. The fourth-order valence-electron chi connectivity index (χ4n) is 1.86. The molecule has 2 heterocycles. The lowest BCUT2D eigenvalue weighted by molar-refractivity contribution is -0.118. The molecule has 0 N–H and O–H groups in total. The van der Waals surface area contributed by atoms with Gasteiger partial charge in [0.1, 0.15) is 4.60 Å². The average Bonchev–Trinajstić information content (AvgIpc) is 2.67. The molecule has 0 saturated carbocycles. The van der Waals surface area contributed by atoms with Gasteiger partial charge in [-0.25, -0.2) is 4.98 Å². The normalized spacial score (nSPS) is 21.2. The Morgan fingerprint density at radius 2 is 2.43 bits per heavy atom. The highest BCUT2D eigenvalue weighted by Crippen LogP contribution is 2.30. The zero-order valence-electron chi connectivity index (χ0n) is 7.69. The van der Waals surface area contributed by atoms with Crippen LogP contribution in [0.5, 0.6) is 0 Å². The maximum absolute atomic E-state index is 10.8. The van der Waals surface area contributed by atoms with Gasteiger partial charge in [-0.3, -0.25) is 4.79 Å². The van der Waals surface area contributed by atoms with E-state index in [-0.39, 0.29) is 6.04 Å². The second-order valence-electron chi connectivity index (χ2n) is 3.42. The van der Waals surface area contributed by atoms with E-state index in [2.05, 4.69) is 20.9 Å². The van der Waals surface area contributed by atoms with Crippen molar-refractivity contribution < 1.29 is 4.79 Å². The number of rotatable bonds is 2. The molecule has 0 bridgehead atoms. The number of hydrogen-bond acceptors (Lipinski definition) is 2. The average molecular weight is 255 g/mol. The van der Waals surface area contributed by atoms with E-state index in [1.807, 2.05) is 23.2 Å². The molecule has 1 fully saturated rings. The molecule has 0 spiro atoms. The van der Waals surface area contributed by atoms with E-state index in [0.29, 0.717) is 0 Å². The second-order valence-corrected chi connectivity index (χ2v) is 4.23. The van der Waals surface area contributed by atoms with Gasteiger partial charge in [0.25, 0.3) is 0 Å². The van der Waals surface area contributed by atoms with Crippen LogP contribution in [0.4, 0.5) is 0 Å². The molecule has 1 aliphatic rings. The van der Waals surface area contributed by atoms with Crippen molar-refractivity contribution in [3.8, 4) is 0 Å². The standard InChI is InChI=1S/C10H11BrN2O/c11-10-4-3-8(6-12-10)9-2-1-5-13(9)7-14/h3-4,6-7,9H,1-2,5H2/t9-/m0/s1. The lowest BCUT2D eigenvalue weighted by Crippen LogP contribution is -2.21. The van der Waals surface area contributed by atoms with Gasteiger partial charge >= 0.3 is 0 Å². The Bertz CT molecular complexity index is 325. The SMILES string of the molecule is O=CN1CCC[C@H]1c1ccc(Br)nc1. The molecule has 1 aliphatic heterocycles. The van der Waals surface area contributed by atoms with Crippen molar-refractivity contribution in [3.63, 3.8) is 0 Å². The van der Waals surface area contributed by atoms with Crippen molar-refractivity contribution in [2.24, 2.45) is 0 Å². The van der Waals surface area contributed by atoms with E-state index in [1.165, 1.54) is 0 Å². The van der Waals surface area contributed by atoms with Gasteiger partial charge in [0.15, 0.2) is 0 Å². The Balaban J connectivity index is 2.21. The van der Waals surface area contributed by atoms with E-state index in [9.17, 15) is 4.79 Å². The zero-order chi connectivity index (χ0) is 9.97. The van der Waals surface area contributed by atoms with Crippen LogP contribution in [0.25, 0.3) is 0 Å². The van der Waals surface area contributed by atoms with Gasteiger partial charge in [-0.05, 0) is 40.4 Å². The van der Waals surface area contributed by atoms with E-state index in [0.717, 1.165) is 36.0 Å². The minimum absolute atomic E-state index is 0.230. The van der Waals surface area contributed by atoms with Crippen LogP contribution >= 0.6 is 15.9 Å². The molecular weight excluding hydrogens is 244 g/mol. The molecule has 1 aromatic rings. The van der Waals surface area contributed by atoms with Crippen molar-refractivity contribution in [2.45, 2.75) is 18.9 Å². The van der Waals surface area contributed by atoms with Crippen LogP contribution in [0.3, 0.4) is 0 Å². The van der Waals surface area contributed by atoms with Gasteiger partial charge in [0, 0.05) is 12.7 Å². The highest BCUT2D eigenvalue weighted by Gasteiger charge is 2.24. The Morgan fingerprint density at radius 3 is 3.07 bits per heavy atom. The van der Waals surface area contributed by atoms with Gasteiger partial charge < -0.3 is 4.90 Å². The predicted molar refractivity (Wildman–Crippen MR) is 56.7 cm³/mol. The smallest absolute Gasteiger partial charge is 0.210 e. The maximum atomic E-state index is 10.8. The van der Waals surface area contributed by atoms with Crippen LogP contribution in [0.2, 0.25) is 0 Å². The van der Waals surface area contributed by atoms with Gasteiger partial charge in [0.05, 0.1) is 6.04 Å². The summed E-state index contributed by atoms with van der Waals surface area (Å²) in [4.78, 5) is 16.8. The van der Waals surface area contributed by atoms with Gasteiger partial charge in [0.2, 0.25) is 6.41 Å². The Labute approximate surface area is 91.3 Å². The second kappa shape index (κ2) is 4.09. The van der Waals surface area contributed by atoms with Crippen LogP contribution in [-0.4, -0.2) is 22.8 Å². The van der Waals surface area contributed by atoms with Crippen molar-refractivity contribution in [3.05, 3.63) is 28.5 Å². The molecule has 0 unspecified atom stereocenters. The molecule has 1 saturated heterocycles. The molecule has 74 valence electrons. The summed E-state index contributed by atoms with van der Waals surface area (Å²) < 4.78 is 0.830. The van der Waals surface area contributed by atoms with E-state index >= 15 is 0 Å². The molecule has 4 heteroatoms. The molecule has 0 aromatic carbocycles. The molecule has 0 radical (unpaired) electrons. The molecule has 0 aliphatic carbocycles. The monoisotopic (exact) mass is 254 g/mol. The van der Waals surface area contributed by atoms with E-state index in [4.69, 9.17) is 0 Å². The number of hydrogen-bond donors (Lipinski definition) is 0. The third kappa shape index (κ3) is 1.80. The van der Waals surface area contributed by atoms with Gasteiger partial charge in [-0.2, -0.15) is 0 Å². The van der Waals surface area contributed by atoms with Gasteiger partial charge in [-0.15, -0.1) is 0 Å². The van der Waals surface area contributed by atoms with Crippen molar-refractivity contribution in [1.82, 2.24) is 9.88 Å². The first-order valence-electron chi connectivity index (χ1n) is 4.64. The lowest BCUT2D eigenvalue weighted by atomic mass is 10.1. The van der Waals surface area contributed by atoms with Gasteiger partial charge in [-0.1, -0.05) is 6.07 Å². The first kappa shape index (κ1) is 9.65. The molecule has 3 nitrogen and oxygen atoms in total. The quantitative estimate of drug-likeness (QED) is 0.599. The summed E-state index contributed by atoms with van der Waals surface area (Å²) in [6.07, 6.45) is 4.89. The summed E-state index contributed by atoms with van der Waals surface area (Å²) in [5.41, 5.74) is 1.12. The Kier molecular flexibility index (Phi) is 2.82. The maximum Gasteiger partial charge on any atom is 0.210 e. The molecule has 1 aromatic heterocycles.